The Bertz CT molecular complexity index is 1700. The first-order valence-electron chi connectivity index (χ1n) is 13.6. The molecule has 1 atom stereocenters. The van der Waals surface area contributed by atoms with Gasteiger partial charge in [-0.15, -0.1) is 0 Å². The monoisotopic (exact) mass is 583 g/mol. The Balaban J connectivity index is 1.32. The van der Waals surface area contributed by atoms with E-state index in [4.69, 9.17) is 11.6 Å². The maximum atomic E-state index is 13.9. The fourth-order valence-corrected chi connectivity index (χ4v) is 7.12. The molecule has 0 N–H and O–H groups in total. The van der Waals surface area contributed by atoms with E-state index in [1.807, 2.05) is 23.1 Å². The number of carbonyl (C=O) groups excluding carboxylic acids is 2. The summed E-state index contributed by atoms with van der Waals surface area (Å²) in [5.74, 6) is -0.365. The van der Waals surface area contributed by atoms with Crippen LogP contribution < -0.4 is 9.80 Å². The van der Waals surface area contributed by atoms with Crippen LogP contribution in [-0.2, 0) is 17.3 Å². The predicted octanol–water partition coefficient (Wildman–Crippen LogP) is 6.25. The molecule has 0 aromatic heterocycles. The highest BCUT2D eigenvalue weighted by Crippen LogP contribution is 2.36. The normalized spacial score (nSPS) is 16.7. The van der Waals surface area contributed by atoms with Crippen molar-refractivity contribution in [2.45, 2.75) is 30.2 Å². The summed E-state index contributed by atoms with van der Waals surface area (Å²) >= 11 is 6.25. The Labute approximate surface area is 247 Å². The highest BCUT2D eigenvalue weighted by Gasteiger charge is 2.32. The third-order valence-corrected chi connectivity index (χ3v) is 9.50. The number of halogens is 1. The van der Waals surface area contributed by atoms with Gasteiger partial charge in [0.1, 0.15) is 0 Å². The van der Waals surface area contributed by atoms with Gasteiger partial charge in [-0.25, -0.2) is 4.21 Å². The third kappa shape index (κ3) is 5.27. The molecular formula is C33H30ClN3O3S. The summed E-state index contributed by atoms with van der Waals surface area (Å²) in [7, 11) is -1.59. The minimum Gasteiger partial charge on any atom is -0.368 e. The number of aryl methyl sites for hydroxylation is 2. The molecule has 2 aliphatic rings. The van der Waals surface area contributed by atoms with Crippen molar-refractivity contribution in [1.29, 1.82) is 0 Å². The SMILES string of the molecule is Cc1ccc(C)c(N2CCN(C(=O)c3ccc4c(c3)N(Cc3cccc(Cl)c3)C(=O)c3ccccc3[S@]4=O)CC2)c1. The summed E-state index contributed by atoms with van der Waals surface area (Å²) in [4.78, 5) is 34.4. The number of piperazine rings is 1. The van der Waals surface area contributed by atoms with Gasteiger partial charge in [-0.1, -0.05) is 48.0 Å². The van der Waals surface area contributed by atoms with Crippen molar-refractivity contribution >= 4 is 45.6 Å². The minimum absolute atomic E-state index is 0.101. The van der Waals surface area contributed by atoms with Gasteiger partial charge >= 0.3 is 0 Å². The number of benzene rings is 4. The van der Waals surface area contributed by atoms with Gasteiger partial charge in [0, 0.05) is 42.5 Å². The van der Waals surface area contributed by atoms with Crippen LogP contribution in [0.15, 0.2) is 94.7 Å². The summed E-state index contributed by atoms with van der Waals surface area (Å²) in [6, 6.07) is 25.9. The first-order valence-corrected chi connectivity index (χ1v) is 15.2. The van der Waals surface area contributed by atoms with Crippen LogP contribution >= 0.6 is 11.6 Å². The molecule has 0 bridgehead atoms. The second-order valence-electron chi connectivity index (χ2n) is 10.5. The lowest BCUT2D eigenvalue weighted by Gasteiger charge is -2.37. The number of amides is 2. The van der Waals surface area contributed by atoms with Crippen LogP contribution in [0.5, 0.6) is 0 Å². The molecule has 208 valence electrons. The molecule has 6 nitrogen and oxygen atoms in total. The molecule has 1 saturated heterocycles. The standard InChI is InChI=1S/C33H30ClN3O3S/c1-22-10-11-23(2)28(18-22)35-14-16-36(17-15-35)32(38)25-12-13-31-29(20-25)37(21-24-6-5-7-26(34)19-24)33(39)27-8-3-4-9-30(27)41(31)40/h3-13,18-20H,14-17,21H2,1-2H3/t41-/m1/s1. The molecule has 2 heterocycles. The summed E-state index contributed by atoms with van der Waals surface area (Å²) in [6.45, 7) is 7.08. The number of hydrogen-bond donors (Lipinski definition) is 0. The first-order chi connectivity index (χ1) is 19.8. The topological polar surface area (TPSA) is 60.9 Å². The van der Waals surface area contributed by atoms with E-state index >= 15 is 0 Å². The second kappa shape index (κ2) is 11.1. The largest absolute Gasteiger partial charge is 0.368 e. The Morgan fingerprint density at radius 3 is 2.39 bits per heavy atom. The lowest BCUT2D eigenvalue weighted by molar-refractivity contribution is 0.0746. The van der Waals surface area contributed by atoms with Crippen LogP contribution in [0, 0.1) is 13.8 Å². The molecule has 2 amide bonds. The van der Waals surface area contributed by atoms with Crippen molar-refractivity contribution in [3.63, 3.8) is 0 Å². The van der Waals surface area contributed by atoms with E-state index in [1.165, 1.54) is 16.8 Å². The van der Waals surface area contributed by atoms with Gasteiger partial charge in [0.05, 0.1) is 38.4 Å². The summed E-state index contributed by atoms with van der Waals surface area (Å²) in [5.41, 5.74) is 5.81. The summed E-state index contributed by atoms with van der Waals surface area (Å²) in [5, 5.41) is 0.567. The maximum absolute atomic E-state index is 13.9. The molecule has 2 aliphatic heterocycles. The highest BCUT2D eigenvalue weighted by atomic mass is 35.5. The molecule has 1 fully saturated rings. The van der Waals surface area contributed by atoms with Gasteiger partial charge in [0.15, 0.2) is 0 Å². The van der Waals surface area contributed by atoms with Gasteiger partial charge in [-0.2, -0.15) is 0 Å². The first kappa shape index (κ1) is 27.2. The molecule has 0 saturated carbocycles. The zero-order valence-electron chi connectivity index (χ0n) is 23.0. The van der Waals surface area contributed by atoms with Gasteiger partial charge in [0.2, 0.25) is 0 Å². The molecule has 0 aliphatic carbocycles. The van der Waals surface area contributed by atoms with E-state index < -0.39 is 10.8 Å². The Morgan fingerprint density at radius 2 is 1.61 bits per heavy atom. The van der Waals surface area contributed by atoms with Crippen molar-refractivity contribution in [3.8, 4) is 0 Å². The van der Waals surface area contributed by atoms with Crippen LogP contribution in [0.25, 0.3) is 0 Å². The fraction of sp³-hybridized carbons (Fsp3) is 0.212. The molecular weight excluding hydrogens is 554 g/mol. The van der Waals surface area contributed by atoms with Crippen molar-refractivity contribution in [3.05, 3.63) is 118 Å². The predicted molar refractivity (Wildman–Crippen MR) is 164 cm³/mol. The molecule has 41 heavy (non-hydrogen) atoms. The summed E-state index contributed by atoms with van der Waals surface area (Å²) in [6.07, 6.45) is 0. The number of carbonyl (C=O) groups is 2. The Morgan fingerprint density at radius 1 is 0.829 bits per heavy atom. The summed E-state index contributed by atoms with van der Waals surface area (Å²) < 4.78 is 13.7. The number of nitrogens with zero attached hydrogens (tertiary/aromatic N) is 3. The van der Waals surface area contributed by atoms with Crippen molar-refractivity contribution < 1.29 is 13.8 Å². The van der Waals surface area contributed by atoms with Crippen molar-refractivity contribution in [1.82, 2.24) is 4.90 Å². The fourth-order valence-electron chi connectivity index (χ4n) is 5.56. The molecule has 0 radical (unpaired) electrons. The van der Waals surface area contributed by atoms with Crippen LogP contribution in [0.1, 0.15) is 37.4 Å². The van der Waals surface area contributed by atoms with Gasteiger partial charge in [0.25, 0.3) is 11.8 Å². The van der Waals surface area contributed by atoms with Gasteiger partial charge < -0.3 is 14.7 Å². The number of fused-ring (bicyclic) bond motifs is 2. The van der Waals surface area contributed by atoms with Crippen molar-refractivity contribution in [2.75, 3.05) is 36.0 Å². The smallest absolute Gasteiger partial charge is 0.259 e. The van der Waals surface area contributed by atoms with E-state index in [0.29, 0.717) is 44.7 Å². The number of hydrogen-bond acceptors (Lipinski definition) is 4. The zero-order valence-corrected chi connectivity index (χ0v) is 24.5. The van der Waals surface area contributed by atoms with E-state index in [9.17, 15) is 13.8 Å². The van der Waals surface area contributed by atoms with Crippen LogP contribution in [0.4, 0.5) is 11.4 Å². The molecule has 0 unspecified atom stereocenters. The lowest BCUT2D eigenvalue weighted by Crippen LogP contribution is -2.49. The average Bonchev–Trinajstić information content (AvgIpc) is 3.07. The van der Waals surface area contributed by atoms with Crippen molar-refractivity contribution in [2.24, 2.45) is 0 Å². The highest BCUT2D eigenvalue weighted by molar-refractivity contribution is 7.85. The molecule has 4 aromatic carbocycles. The maximum Gasteiger partial charge on any atom is 0.259 e. The minimum atomic E-state index is -1.59. The van der Waals surface area contributed by atoms with Crippen LogP contribution in [-0.4, -0.2) is 47.1 Å². The van der Waals surface area contributed by atoms with Gasteiger partial charge in [-0.05, 0) is 79.1 Å². The van der Waals surface area contributed by atoms with Crippen LogP contribution in [0.2, 0.25) is 5.02 Å². The molecule has 4 aromatic rings. The van der Waals surface area contributed by atoms with Gasteiger partial charge in [-0.3, -0.25) is 9.59 Å². The van der Waals surface area contributed by atoms with E-state index in [0.717, 1.165) is 18.7 Å². The van der Waals surface area contributed by atoms with E-state index in [-0.39, 0.29) is 18.4 Å². The number of rotatable bonds is 4. The second-order valence-corrected chi connectivity index (χ2v) is 12.4. The molecule has 8 heteroatoms. The zero-order chi connectivity index (χ0) is 28.7. The molecule has 6 rings (SSSR count). The Kier molecular flexibility index (Phi) is 7.41. The van der Waals surface area contributed by atoms with E-state index in [2.05, 4.69) is 36.9 Å². The average molecular weight is 584 g/mol. The number of anilines is 2. The van der Waals surface area contributed by atoms with E-state index in [1.54, 1.807) is 53.4 Å². The quantitative estimate of drug-likeness (QED) is 0.285. The molecule has 0 spiro atoms. The Hall–Kier alpha value is -3.94. The third-order valence-electron chi connectivity index (χ3n) is 7.76. The van der Waals surface area contributed by atoms with Crippen LogP contribution in [0.3, 0.4) is 0 Å². The lowest BCUT2D eigenvalue weighted by atomic mass is 10.1.